The predicted octanol–water partition coefficient (Wildman–Crippen LogP) is 5.98. The SMILES string of the molecule is CCOc1ccc(N(CCCC(=O)N(Cc2ccccc2Cl)C(Cc2ccccc2)C(=O)NC2CCCC2)S(C)(=O)=O)cc1. The molecule has 1 aliphatic rings. The first-order valence-corrected chi connectivity index (χ1v) is 17.5. The van der Waals surface area contributed by atoms with Crippen LogP contribution < -0.4 is 14.4 Å². The molecule has 1 unspecified atom stereocenters. The summed E-state index contributed by atoms with van der Waals surface area (Å²) in [6.07, 6.45) is 5.80. The van der Waals surface area contributed by atoms with Gasteiger partial charge in [-0.3, -0.25) is 13.9 Å². The average molecular weight is 640 g/mol. The van der Waals surface area contributed by atoms with E-state index in [1.54, 1.807) is 35.2 Å². The normalized spacial score (nSPS) is 14.2. The molecule has 1 N–H and O–H groups in total. The highest BCUT2D eigenvalue weighted by Crippen LogP contribution is 2.25. The molecule has 236 valence electrons. The van der Waals surface area contributed by atoms with Crippen molar-refractivity contribution in [2.75, 3.05) is 23.7 Å². The van der Waals surface area contributed by atoms with Gasteiger partial charge in [-0.05, 0) is 67.6 Å². The number of hydrogen-bond donors (Lipinski definition) is 1. The number of nitrogens with one attached hydrogen (secondary N) is 1. The van der Waals surface area contributed by atoms with Crippen LogP contribution in [0.1, 0.15) is 56.6 Å². The second-order valence-electron chi connectivity index (χ2n) is 11.2. The van der Waals surface area contributed by atoms with Gasteiger partial charge in [-0.25, -0.2) is 8.42 Å². The van der Waals surface area contributed by atoms with Crippen LogP contribution >= 0.6 is 11.6 Å². The fourth-order valence-corrected chi connectivity index (χ4v) is 6.77. The van der Waals surface area contributed by atoms with Gasteiger partial charge in [-0.15, -0.1) is 0 Å². The number of carbonyl (C=O) groups excluding carboxylic acids is 2. The van der Waals surface area contributed by atoms with Gasteiger partial charge in [0.1, 0.15) is 11.8 Å². The maximum Gasteiger partial charge on any atom is 0.243 e. The summed E-state index contributed by atoms with van der Waals surface area (Å²) in [5, 5.41) is 3.71. The molecule has 2 amide bonds. The van der Waals surface area contributed by atoms with Crippen LogP contribution in [-0.2, 0) is 32.6 Å². The van der Waals surface area contributed by atoms with E-state index in [9.17, 15) is 18.0 Å². The molecule has 44 heavy (non-hydrogen) atoms. The van der Waals surface area contributed by atoms with Crippen molar-refractivity contribution < 1.29 is 22.7 Å². The molecule has 0 heterocycles. The summed E-state index contributed by atoms with van der Waals surface area (Å²) in [5.74, 6) is 0.219. The van der Waals surface area contributed by atoms with Gasteiger partial charge in [-0.2, -0.15) is 0 Å². The number of sulfonamides is 1. The van der Waals surface area contributed by atoms with E-state index >= 15 is 0 Å². The third kappa shape index (κ3) is 9.47. The summed E-state index contributed by atoms with van der Waals surface area (Å²) >= 11 is 6.53. The van der Waals surface area contributed by atoms with Crippen molar-refractivity contribution >= 4 is 39.1 Å². The number of anilines is 1. The Hall–Kier alpha value is -3.56. The van der Waals surface area contributed by atoms with Gasteiger partial charge in [-0.1, -0.05) is 73.0 Å². The topological polar surface area (TPSA) is 96.0 Å². The molecule has 0 spiro atoms. The third-order valence-corrected chi connectivity index (χ3v) is 9.42. The predicted molar refractivity (Wildman–Crippen MR) is 175 cm³/mol. The van der Waals surface area contributed by atoms with Gasteiger partial charge in [0, 0.05) is 37.0 Å². The molecule has 4 rings (SSSR count). The van der Waals surface area contributed by atoms with Crippen LogP contribution in [0.5, 0.6) is 5.75 Å². The van der Waals surface area contributed by atoms with E-state index in [1.807, 2.05) is 55.5 Å². The summed E-state index contributed by atoms with van der Waals surface area (Å²) in [6.45, 7) is 2.65. The zero-order valence-electron chi connectivity index (χ0n) is 25.5. The molecular weight excluding hydrogens is 598 g/mol. The Bertz CT molecular complexity index is 1480. The van der Waals surface area contributed by atoms with E-state index < -0.39 is 16.1 Å². The van der Waals surface area contributed by atoms with Crippen LogP contribution in [0.25, 0.3) is 0 Å². The summed E-state index contributed by atoms with van der Waals surface area (Å²) < 4.78 is 32.2. The molecule has 1 aliphatic carbocycles. The molecule has 10 heteroatoms. The van der Waals surface area contributed by atoms with E-state index in [4.69, 9.17) is 16.3 Å². The van der Waals surface area contributed by atoms with Crippen molar-refractivity contribution in [1.82, 2.24) is 10.2 Å². The first-order valence-electron chi connectivity index (χ1n) is 15.2. The molecular formula is C34H42ClN3O5S. The highest BCUT2D eigenvalue weighted by Gasteiger charge is 2.32. The van der Waals surface area contributed by atoms with Crippen LogP contribution in [-0.4, -0.2) is 56.6 Å². The maximum atomic E-state index is 14.0. The van der Waals surface area contributed by atoms with Crippen molar-refractivity contribution in [2.45, 2.75) is 70.5 Å². The number of amides is 2. The summed E-state index contributed by atoms with van der Waals surface area (Å²) in [5.41, 5.74) is 2.17. The zero-order chi connectivity index (χ0) is 31.5. The molecule has 1 saturated carbocycles. The highest BCUT2D eigenvalue weighted by atomic mass is 35.5. The Labute approximate surface area is 266 Å². The lowest BCUT2D eigenvalue weighted by Crippen LogP contribution is -2.52. The largest absolute Gasteiger partial charge is 0.494 e. The second kappa shape index (κ2) is 16.0. The molecule has 1 atom stereocenters. The number of ether oxygens (including phenoxy) is 1. The van der Waals surface area contributed by atoms with Crippen LogP contribution in [0.15, 0.2) is 78.9 Å². The minimum atomic E-state index is -3.61. The standard InChI is InChI=1S/C34H42ClN3O5S/c1-3-43-30-21-19-29(20-22-30)38(44(2,41)42)23-11-18-33(39)37(25-27-14-7-10-17-31(27)35)32(24-26-12-5-4-6-13-26)34(40)36-28-15-8-9-16-28/h4-7,10,12-14,17,19-22,28,32H,3,8-9,11,15-16,18,23-25H2,1-2H3,(H,36,40). The van der Waals surface area contributed by atoms with Crippen molar-refractivity contribution in [3.63, 3.8) is 0 Å². The van der Waals surface area contributed by atoms with Crippen LogP contribution in [0.3, 0.4) is 0 Å². The molecule has 3 aromatic carbocycles. The van der Waals surface area contributed by atoms with Crippen LogP contribution in [0.4, 0.5) is 5.69 Å². The van der Waals surface area contributed by atoms with Gasteiger partial charge >= 0.3 is 0 Å². The quantitative estimate of drug-likeness (QED) is 0.221. The molecule has 3 aromatic rings. The number of nitrogens with zero attached hydrogens (tertiary/aromatic N) is 2. The van der Waals surface area contributed by atoms with Crippen molar-refractivity contribution in [2.24, 2.45) is 0 Å². The molecule has 0 aliphatic heterocycles. The lowest BCUT2D eigenvalue weighted by Gasteiger charge is -2.33. The van der Waals surface area contributed by atoms with Crippen LogP contribution in [0.2, 0.25) is 5.02 Å². The number of halogens is 1. The number of benzene rings is 3. The summed E-state index contributed by atoms with van der Waals surface area (Å²) in [4.78, 5) is 29.5. The molecule has 0 bridgehead atoms. The average Bonchev–Trinajstić information content (AvgIpc) is 3.51. The molecule has 0 saturated heterocycles. The third-order valence-electron chi connectivity index (χ3n) is 7.86. The zero-order valence-corrected chi connectivity index (χ0v) is 27.0. The fraction of sp³-hybridized carbons (Fsp3) is 0.412. The number of carbonyl (C=O) groups is 2. The summed E-state index contributed by atoms with van der Waals surface area (Å²) in [6, 6.07) is 23.1. The van der Waals surface area contributed by atoms with Gasteiger partial charge in [0.15, 0.2) is 0 Å². The maximum absolute atomic E-state index is 14.0. The van der Waals surface area contributed by atoms with Crippen molar-refractivity contribution in [1.29, 1.82) is 0 Å². The Morgan fingerprint density at radius 3 is 2.27 bits per heavy atom. The first-order chi connectivity index (χ1) is 21.2. The second-order valence-corrected chi connectivity index (χ2v) is 13.5. The number of hydrogen-bond acceptors (Lipinski definition) is 5. The smallest absolute Gasteiger partial charge is 0.243 e. The minimum Gasteiger partial charge on any atom is -0.494 e. The van der Waals surface area contributed by atoms with E-state index in [0.29, 0.717) is 29.5 Å². The summed E-state index contributed by atoms with van der Waals surface area (Å²) in [7, 11) is -3.61. The Morgan fingerprint density at radius 2 is 1.64 bits per heavy atom. The van der Waals surface area contributed by atoms with Gasteiger partial charge in [0.05, 0.1) is 18.6 Å². The fourth-order valence-electron chi connectivity index (χ4n) is 5.61. The molecule has 1 fully saturated rings. The Balaban J connectivity index is 1.57. The van der Waals surface area contributed by atoms with Gasteiger partial charge in [0.2, 0.25) is 21.8 Å². The molecule has 0 radical (unpaired) electrons. The number of rotatable bonds is 15. The van der Waals surface area contributed by atoms with Crippen molar-refractivity contribution in [3.05, 3.63) is 95.0 Å². The highest BCUT2D eigenvalue weighted by molar-refractivity contribution is 7.92. The Morgan fingerprint density at radius 1 is 0.977 bits per heavy atom. The van der Waals surface area contributed by atoms with E-state index in [1.165, 1.54) is 4.31 Å². The molecule has 0 aromatic heterocycles. The van der Waals surface area contributed by atoms with Gasteiger partial charge < -0.3 is 15.0 Å². The van der Waals surface area contributed by atoms with Gasteiger partial charge in [0.25, 0.3) is 0 Å². The van der Waals surface area contributed by atoms with Crippen LogP contribution in [0, 0.1) is 0 Å². The monoisotopic (exact) mass is 639 g/mol. The van der Waals surface area contributed by atoms with E-state index in [0.717, 1.165) is 43.1 Å². The minimum absolute atomic E-state index is 0.0511. The molecule has 8 nitrogen and oxygen atoms in total. The first kappa shape index (κ1) is 33.3. The van der Waals surface area contributed by atoms with Crippen molar-refractivity contribution in [3.8, 4) is 5.75 Å². The Kier molecular flexibility index (Phi) is 12.1. The van der Waals surface area contributed by atoms with E-state index in [2.05, 4.69) is 5.32 Å². The van der Waals surface area contributed by atoms with E-state index in [-0.39, 0.29) is 43.8 Å². The lowest BCUT2D eigenvalue weighted by molar-refractivity contribution is -0.141. The lowest BCUT2D eigenvalue weighted by atomic mass is 10.0.